The van der Waals surface area contributed by atoms with Gasteiger partial charge in [-0.25, -0.2) is 4.39 Å². The van der Waals surface area contributed by atoms with Crippen LogP contribution in [0.2, 0.25) is 0 Å². The van der Waals surface area contributed by atoms with Crippen LogP contribution in [0.1, 0.15) is 11.1 Å². The maximum atomic E-state index is 12.7. The predicted octanol–water partition coefficient (Wildman–Crippen LogP) is 2.37. The number of aliphatic hydroxyl groups excluding tert-OH is 1. The van der Waals surface area contributed by atoms with Gasteiger partial charge in [0.25, 0.3) is 0 Å². The van der Waals surface area contributed by atoms with Gasteiger partial charge in [0.2, 0.25) is 12.4 Å². The van der Waals surface area contributed by atoms with Gasteiger partial charge in [0.05, 0.1) is 13.2 Å². The number of hydrogen-bond donors (Lipinski definition) is 1. The molecular weight excluding hydrogens is 198 g/mol. The van der Waals surface area contributed by atoms with Crippen LogP contribution in [-0.4, -0.2) is 5.11 Å². The van der Waals surface area contributed by atoms with E-state index < -0.39 is 5.82 Å². The van der Waals surface area contributed by atoms with Crippen LogP contribution in [0.25, 0.3) is 0 Å². The van der Waals surface area contributed by atoms with Gasteiger partial charge in [-0.05, 0) is 23.3 Å². The molecule has 0 heterocycles. The van der Waals surface area contributed by atoms with Gasteiger partial charge in [0.1, 0.15) is 5.82 Å². The average Bonchev–Trinajstić information content (AvgIpc) is 2.15. The molecule has 1 aromatic carbocycles. The van der Waals surface area contributed by atoms with Crippen molar-refractivity contribution < 1.29 is 17.6 Å². The van der Waals surface area contributed by atoms with Gasteiger partial charge in [-0.15, -0.1) is 3.89 Å². The average molecular weight is 206 g/mol. The standard InChI is InChI=1S/C8H8F2O2S/c9-8-2-1-6(4-11)7(3-8)5-12-13-10/h1-3,11H,4-5H2. The molecule has 0 aromatic heterocycles. The maximum absolute atomic E-state index is 12.7. The van der Waals surface area contributed by atoms with Gasteiger partial charge >= 0.3 is 0 Å². The summed E-state index contributed by atoms with van der Waals surface area (Å²) in [5, 5.41) is 8.83. The number of rotatable bonds is 4. The van der Waals surface area contributed by atoms with E-state index in [9.17, 15) is 8.28 Å². The Balaban J connectivity index is 2.81. The molecule has 0 atom stereocenters. The molecule has 2 nitrogen and oxygen atoms in total. The van der Waals surface area contributed by atoms with E-state index in [1.165, 1.54) is 18.2 Å². The fourth-order valence-electron chi connectivity index (χ4n) is 0.969. The first kappa shape index (κ1) is 10.4. The normalized spacial score (nSPS) is 10.4. The van der Waals surface area contributed by atoms with Crippen molar-refractivity contribution in [1.82, 2.24) is 0 Å². The molecule has 0 radical (unpaired) electrons. The van der Waals surface area contributed by atoms with E-state index in [4.69, 9.17) is 5.11 Å². The molecule has 0 saturated carbocycles. The summed E-state index contributed by atoms with van der Waals surface area (Å²) in [6.07, 6.45) is 0. The Morgan fingerprint density at radius 2 is 2.15 bits per heavy atom. The van der Waals surface area contributed by atoms with Crippen molar-refractivity contribution in [2.75, 3.05) is 0 Å². The first-order valence-electron chi connectivity index (χ1n) is 3.56. The lowest BCUT2D eigenvalue weighted by Gasteiger charge is -2.05. The molecule has 0 spiro atoms. The summed E-state index contributed by atoms with van der Waals surface area (Å²) in [6.45, 7) is -0.273. The van der Waals surface area contributed by atoms with E-state index in [1.807, 2.05) is 0 Å². The van der Waals surface area contributed by atoms with Crippen LogP contribution in [0, 0.1) is 5.82 Å². The Morgan fingerprint density at radius 1 is 1.38 bits per heavy atom. The minimum Gasteiger partial charge on any atom is -0.392 e. The molecule has 1 N–H and O–H groups in total. The number of aliphatic hydroxyl groups is 1. The second-order valence-corrected chi connectivity index (χ2v) is 2.76. The van der Waals surface area contributed by atoms with Gasteiger partial charge in [-0.1, -0.05) is 6.07 Å². The Hall–Kier alpha value is -0.650. The Morgan fingerprint density at radius 3 is 2.77 bits per heavy atom. The summed E-state index contributed by atoms with van der Waals surface area (Å²) >= 11 is -0.283. The first-order chi connectivity index (χ1) is 6.27. The lowest BCUT2D eigenvalue weighted by Crippen LogP contribution is -1.95. The molecule has 72 valence electrons. The maximum Gasteiger partial charge on any atom is 0.208 e. The highest BCUT2D eigenvalue weighted by Gasteiger charge is 2.03. The van der Waals surface area contributed by atoms with Crippen LogP contribution in [0.5, 0.6) is 0 Å². The minimum absolute atomic E-state index is 0.0607. The molecule has 1 aromatic rings. The molecular formula is C8H8F2O2S. The highest BCUT2D eigenvalue weighted by atomic mass is 32.2. The van der Waals surface area contributed by atoms with Crippen molar-refractivity contribution in [2.24, 2.45) is 0 Å². The fraction of sp³-hybridized carbons (Fsp3) is 0.250. The van der Waals surface area contributed by atoms with E-state index in [2.05, 4.69) is 4.18 Å². The summed E-state index contributed by atoms with van der Waals surface area (Å²) in [7, 11) is 0. The molecule has 1 rings (SSSR count). The fourth-order valence-corrected chi connectivity index (χ4v) is 1.14. The molecule has 0 fully saturated rings. The quantitative estimate of drug-likeness (QED) is 0.767. The second-order valence-electron chi connectivity index (χ2n) is 2.40. The van der Waals surface area contributed by atoms with Crippen molar-refractivity contribution >= 4 is 12.4 Å². The van der Waals surface area contributed by atoms with Crippen molar-refractivity contribution in [3.05, 3.63) is 35.1 Å². The summed E-state index contributed by atoms with van der Waals surface area (Å²) in [6, 6.07) is 3.89. The predicted molar refractivity (Wildman–Crippen MR) is 45.8 cm³/mol. The van der Waals surface area contributed by atoms with Gasteiger partial charge in [0.15, 0.2) is 0 Å². The third-order valence-electron chi connectivity index (χ3n) is 1.60. The molecule has 0 saturated heterocycles. The molecule has 0 unspecified atom stereocenters. The summed E-state index contributed by atoms with van der Waals surface area (Å²) in [5.74, 6) is -0.431. The largest absolute Gasteiger partial charge is 0.392 e. The van der Waals surface area contributed by atoms with Crippen molar-refractivity contribution in [2.45, 2.75) is 13.2 Å². The van der Waals surface area contributed by atoms with Crippen LogP contribution in [0.4, 0.5) is 8.28 Å². The third kappa shape index (κ3) is 2.95. The number of hydrogen-bond acceptors (Lipinski definition) is 3. The van der Waals surface area contributed by atoms with Crippen LogP contribution in [0.3, 0.4) is 0 Å². The topological polar surface area (TPSA) is 29.5 Å². The summed E-state index contributed by atoms with van der Waals surface area (Å²) in [4.78, 5) is 0. The zero-order chi connectivity index (χ0) is 9.68. The Labute approximate surface area is 79.0 Å². The van der Waals surface area contributed by atoms with E-state index >= 15 is 0 Å². The summed E-state index contributed by atoms with van der Waals surface area (Å²) < 4.78 is 28.6. The second kappa shape index (κ2) is 5.16. The van der Waals surface area contributed by atoms with Crippen molar-refractivity contribution in [1.29, 1.82) is 0 Å². The molecule has 0 amide bonds. The number of halogens is 2. The Bertz CT molecular complexity index is 281. The van der Waals surface area contributed by atoms with E-state index in [-0.39, 0.29) is 25.6 Å². The smallest absolute Gasteiger partial charge is 0.208 e. The van der Waals surface area contributed by atoms with Crippen LogP contribution >= 0.6 is 12.4 Å². The highest BCUT2D eigenvalue weighted by molar-refractivity contribution is 7.89. The van der Waals surface area contributed by atoms with Crippen LogP contribution < -0.4 is 0 Å². The highest BCUT2D eigenvalue weighted by Crippen LogP contribution is 2.15. The SMILES string of the molecule is OCc1ccc(F)cc1COSF. The van der Waals surface area contributed by atoms with E-state index in [0.29, 0.717) is 11.1 Å². The van der Waals surface area contributed by atoms with Gasteiger partial charge in [-0.2, -0.15) is 0 Å². The lowest BCUT2D eigenvalue weighted by atomic mass is 10.1. The zero-order valence-corrected chi connectivity index (χ0v) is 7.48. The third-order valence-corrected chi connectivity index (χ3v) is 1.80. The van der Waals surface area contributed by atoms with Crippen molar-refractivity contribution in [3.63, 3.8) is 0 Å². The molecule has 0 aliphatic heterocycles. The number of benzene rings is 1. The van der Waals surface area contributed by atoms with E-state index in [1.54, 1.807) is 0 Å². The van der Waals surface area contributed by atoms with Crippen molar-refractivity contribution in [3.8, 4) is 0 Å². The van der Waals surface area contributed by atoms with Gasteiger partial charge in [0, 0.05) is 0 Å². The van der Waals surface area contributed by atoms with E-state index in [0.717, 1.165) is 0 Å². The molecule has 13 heavy (non-hydrogen) atoms. The molecule has 0 bridgehead atoms. The van der Waals surface area contributed by atoms with Crippen LogP contribution in [-0.2, 0) is 17.4 Å². The first-order valence-corrected chi connectivity index (χ1v) is 4.20. The zero-order valence-electron chi connectivity index (χ0n) is 6.67. The van der Waals surface area contributed by atoms with Crippen LogP contribution in [0.15, 0.2) is 18.2 Å². The monoisotopic (exact) mass is 206 g/mol. The van der Waals surface area contributed by atoms with Gasteiger partial charge in [-0.3, -0.25) is 4.18 Å². The summed E-state index contributed by atoms with van der Waals surface area (Å²) in [5.41, 5.74) is 0.989. The molecule has 0 aliphatic carbocycles. The molecule has 5 heteroatoms. The van der Waals surface area contributed by atoms with Gasteiger partial charge < -0.3 is 5.11 Å². The Kier molecular flexibility index (Phi) is 4.14. The molecule has 0 aliphatic rings. The lowest BCUT2D eigenvalue weighted by molar-refractivity contribution is 0.275. The minimum atomic E-state index is -0.431.